The van der Waals surface area contributed by atoms with Crippen LogP contribution in [0.3, 0.4) is 0 Å². The molecule has 2 aromatic heterocycles. The van der Waals surface area contributed by atoms with Gasteiger partial charge in [0.05, 0.1) is 24.8 Å². The van der Waals surface area contributed by atoms with E-state index in [4.69, 9.17) is 18.6 Å². The summed E-state index contributed by atoms with van der Waals surface area (Å²) in [6.45, 7) is 4.32. The van der Waals surface area contributed by atoms with Crippen LogP contribution in [-0.2, 0) is 29.7 Å². The first-order chi connectivity index (χ1) is 20.7. The monoisotopic (exact) mass is 601 g/mol. The van der Waals surface area contributed by atoms with Crippen LogP contribution >= 0.6 is 7.82 Å². The molecule has 0 fully saturated rings. The van der Waals surface area contributed by atoms with Gasteiger partial charge in [-0.3, -0.25) is 18.4 Å². The topological polar surface area (TPSA) is 110 Å². The third-order valence-electron chi connectivity index (χ3n) is 6.57. The zero-order valence-electron chi connectivity index (χ0n) is 25.1. The predicted molar refractivity (Wildman–Crippen MR) is 168 cm³/mol. The highest BCUT2D eigenvalue weighted by atomic mass is 31.2. The Hall–Kier alpha value is -4.10. The number of pyridine rings is 1. The van der Waals surface area contributed by atoms with Crippen molar-refractivity contribution in [3.8, 4) is 28.3 Å². The molecule has 4 rings (SSSR count). The molecule has 0 aliphatic carbocycles. The molecule has 0 bridgehead atoms. The molecule has 0 saturated heterocycles. The molecule has 2 heterocycles. The Morgan fingerprint density at radius 3 is 2.42 bits per heavy atom. The lowest BCUT2D eigenvalue weighted by Crippen LogP contribution is -2.24. The highest BCUT2D eigenvalue weighted by molar-refractivity contribution is 7.48. The first kappa shape index (κ1) is 31.8. The van der Waals surface area contributed by atoms with E-state index in [1.54, 1.807) is 48.7 Å². The maximum atomic E-state index is 13.0. The molecule has 4 aromatic rings. The van der Waals surface area contributed by atoms with E-state index in [1.807, 2.05) is 79.8 Å². The van der Waals surface area contributed by atoms with Gasteiger partial charge in [0.1, 0.15) is 12.4 Å². The van der Waals surface area contributed by atoms with Gasteiger partial charge in [0, 0.05) is 54.3 Å². The summed E-state index contributed by atoms with van der Waals surface area (Å²) >= 11 is 0. The fraction of sp³-hybridized carbons (Fsp3) is 0.281. The van der Waals surface area contributed by atoms with E-state index < -0.39 is 7.82 Å². The van der Waals surface area contributed by atoms with E-state index >= 15 is 0 Å². The number of hydrogen-bond donors (Lipinski definition) is 0. The minimum atomic E-state index is -3.76. The fourth-order valence-electron chi connectivity index (χ4n) is 4.47. The highest BCUT2D eigenvalue weighted by Gasteiger charge is 2.26. The van der Waals surface area contributed by atoms with Gasteiger partial charge >= 0.3 is 7.82 Å². The van der Waals surface area contributed by atoms with Crippen molar-refractivity contribution in [3.05, 3.63) is 84.7 Å². The number of rotatable bonds is 13. The molecule has 43 heavy (non-hydrogen) atoms. The summed E-state index contributed by atoms with van der Waals surface area (Å²) < 4.78 is 30.9. The van der Waals surface area contributed by atoms with Crippen molar-refractivity contribution in [1.82, 2.24) is 14.5 Å². The van der Waals surface area contributed by atoms with Crippen LogP contribution in [0, 0.1) is 11.3 Å². The first-order valence-electron chi connectivity index (χ1n) is 13.9. The number of anilines is 1. The maximum absolute atomic E-state index is 13.0. The maximum Gasteiger partial charge on any atom is 0.476 e. The summed E-state index contributed by atoms with van der Waals surface area (Å²) in [5, 5.41) is 10.3. The van der Waals surface area contributed by atoms with E-state index in [0.717, 1.165) is 33.3 Å². The lowest BCUT2D eigenvalue weighted by molar-refractivity contribution is -0.113. The first-order valence-corrected chi connectivity index (χ1v) is 15.4. The van der Waals surface area contributed by atoms with Crippen LogP contribution < -0.4 is 4.90 Å². The minimum absolute atomic E-state index is 0.123. The molecular weight excluding hydrogens is 565 g/mol. The fourth-order valence-corrected chi connectivity index (χ4v) is 5.59. The largest absolute Gasteiger partial charge is 0.476 e. The minimum Gasteiger partial charge on any atom is -0.312 e. The van der Waals surface area contributed by atoms with Gasteiger partial charge in [-0.05, 0) is 69.4 Å². The Morgan fingerprint density at radius 1 is 1.00 bits per heavy atom. The van der Waals surface area contributed by atoms with Crippen molar-refractivity contribution < 1.29 is 22.9 Å². The van der Waals surface area contributed by atoms with Crippen LogP contribution in [0.1, 0.15) is 19.4 Å². The average Bonchev–Trinajstić information content (AvgIpc) is 3.38. The van der Waals surface area contributed by atoms with Crippen molar-refractivity contribution in [2.45, 2.75) is 20.6 Å². The number of carbonyl (C=O) groups is 1. The van der Waals surface area contributed by atoms with Crippen LogP contribution in [-0.4, -0.2) is 61.3 Å². The van der Waals surface area contributed by atoms with E-state index in [-0.39, 0.29) is 25.9 Å². The summed E-state index contributed by atoms with van der Waals surface area (Å²) in [6.07, 6.45) is 7.00. The number of phosphoric acid groups is 1. The normalized spacial score (nSPS) is 11.8. The van der Waals surface area contributed by atoms with Gasteiger partial charge < -0.3 is 14.4 Å². The molecule has 10 nitrogen and oxygen atoms in total. The van der Waals surface area contributed by atoms with Gasteiger partial charge in [-0.2, -0.15) is 5.26 Å². The van der Waals surface area contributed by atoms with Crippen LogP contribution in [0.4, 0.5) is 5.69 Å². The Kier molecular flexibility index (Phi) is 10.6. The van der Waals surface area contributed by atoms with Gasteiger partial charge in [-0.15, -0.1) is 0 Å². The Bertz CT molecular complexity index is 1700. The third-order valence-corrected chi connectivity index (χ3v) is 8.15. The number of nitriles is 1. The third kappa shape index (κ3) is 7.85. The second-order valence-corrected chi connectivity index (χ2v) is 11.6. The Balaban J connectivity index is 1.74. The van der Waals surface area contributed by atoms with E-state index in [9.17, 15) is 14.6 Å². The van der Waals surface area contributed by atoms with E-state index in [0.29, 0.717) is 17.8 Å². The molecule has 0 saturated carbocycles. The summed E-state index contributed by atoms with van der Waals surface area (Å²) in [7, 11) is 1.87. The van der Waals surface area contributed by atoms with Crippen molar-refractivity contribution in [2.24, 2.45) is 0 Å². The van der Waals surface area contributed by atoms with Crippen LogP contribution in [0.15, 0.2) is 79.1 Å². The van der Waals surface area contributed by atoms with Crippen LogP contribution in [0.5, 0.6) is 0 Å². The molecule has 1 amide bonds. The Labute approximate surface area is 252 Å². The average molecular weight is 602 g/mol. The summed E-state index contributed by atoms with van der Waals surface area (Å²) in [5.41, 5.74) is 5.22. The molecule has 0 spiro atoms. The molecule has 0 aliphatic rings. The predicted octanol–water partition coefficient (Wildman–Crippen LogP) is 6.48. The number of likely N-dealkylation sites (N-methyl/N-ethyl adjacent to an activating group) is 2. The second-order valence-electron chi connectivity index (χ2n) is 9.95. The van der Waals surface area contributed by atoms with E-state index in [2.05, 4.69) is 6.07 Å². The molecule has 0 N–H and O–H groups in total. The molecule has 224 valence electrons. The lowest BCUT2D eigenvalue weighted by atomic mass is 10.0. The van der Waals surface area contributed by atoms with Gasteiger partial charge in [0.25, 0.3) is 0 Å². The molecule has 0 aliphatic heterocycles. The number of aromatic nitrogens is 2. The summed E-state index contributed by atoms with van der Waals surface area (Å²) in [5.74, 6) is -0.124. The van der Waals surface area contributed by atoms with Gasteiger partial charge in [0.15, 0.2) is 0 Å². The summed E-state index contributed by atoms with van der Waals surface area (Å²) in [4.78, 5) is 21.1. The number of carbonyl (C=O) groups excluding carboxylic acids is 1. The molecule has 2 aromatic carbocycles. The number of phosphoric ester groups is 1. The van der Waals surface area contributed by atoms with Gasteiger partial charge in [-0.1, -0.05) is 30.3 Å². The van der Waals surface area contributed by atoms with Gasteiger partial charge in [0.2, 0.25) is 5.91 Å². The quantitative estimate of drug-likeness (QED) is 0.127. The van der Waals surface area contributed by atoms with Crippen molar-refractivity contribution in [1.29, 1.82) is 5.26 Å². The molecule has 11 heteroatoms. The molecule has 0 atom stereocenters. The summed E-state index contributed by atoms with van der Waals surface area (Å²) in [6, 6.07) is 19.2. The second kappa shape index (κ2) is 14.4. The van der Waals surface area contributed by atoms with Crippen LogP contribution in [0.2, 0.25) is 0 Å². The highest BCUT2D eigenvalue weighted by Crippen LogP contribution is 2.49. The zero-order valence-corrected chi connectivity index (χ0v) is 26.0. The SMILES string of the molecule is CCOP(=O)(OCC)OCn1cc(-c2cccc(C#N)c2)c2cc(-c3cccc(N(C)C(=O)C=CCN(C)C)c3)cnc21. The zero-order chi connectivity index (χ0) is 31.0. The number of nitrogens with zero attached hydrogens (tertiary/aromatic N) is 5. The van der Waals surface area contributed by atoms with Crippen molar-refractivity contribution in [2.75, 3.05) is 45.8 Å². The molecule has 0 unspecified atom stereocenters. The number of fused-ring (bicyclic) bond motifs is 1. The Morgan fingerprint density at radius 2 is 1.72 bits per heavy atom. The van der Waals surface area contributed by atoms with E-state index in [1.165, 1.54) is 0 Å². The number of amides is 1. The number of hydrogen-bond acceptors (Lipinski definition) is 8. The van der Waals surface area contributed by atoms with Gasteiger partial charge in [-0.25, -0.2) is 9.55 Å². The van der Waals surface area contributed by atoms with Crippen LogP contribution in [0.25, 0.3) is 33.3 Å². The standard InChI is InChI=1S/C32H36N5O5P/c1-6-40-43(39,41-7-2)42-23-37-22-30(26-13-8-11-24(17-26)20-33)29-19-27(21-34-32(29)37)25-12-9-14-28(18-25)36(5)31(38)15-10-16-35(3)4/h8-15,17-19,21-22H,6-7,16,23H2,1-5H3. The molecule has 0 radical (unpaired) electrons. The lowest BCUT2D eigenvalue weighted by Gasteiger charge is -2.17. The smallest absolute Gasteiger partial charge is 0.312 e. The number of benzene rings is 2. The van der Waals surface area contributed by atoms with Crippen molar-refractivity contribution >= 4 is 30.5 Å². The molecular formula is C32H36N5O5P. The van der Waals surface area contributed by atoms with Crippen molar-refractivity contribution in [3.63, 3.8) is 0 Å².